The first-order valence-corrected chi connectivity index (χ1v) is 13.0. The van der Waals surface area contributed by atoms with E-state index in [0.717, 1.165) is 64.2 Å². The first-order valence-electron chi connectivity index (χ1n) is 13.0. The molecule has 2 fully saturated rings. The van der Waals surface area contributed by atoms with Crippen LogP contribution in [0.3, 0.4) is 0 Å². The van der Waals surface area contributed by atoms with Crippen molar-refractivity contribution < 1.29 is 9.32 Å². The molecular formula is C29H35N5O2. The van der Waals surface area contributed by atoms with Crippen LogP contribution in [0.4, 0.5) is 0 Å². The number of carbonyl (C=O) groups is 1. The summed E-state index contributed by atoms with van der Waals surface area (Å²) in [6, 6.07) is 18.5. The number of rotatable bonds is 7. The largest absolute Gasteiger partial charge is 0.340 e. The summed E-state index contributed by atoms with van der Waals surface area (Å²) in [5.41, 5.74) is 3.38. The number of piperazine rings is 1. The lowest BCUT2D eigenvalue weighted by Crippen LogP contribution is -2.52. The van der Waals surface area contributed by atoms with Gasteiger partial charge in [-0.1, -0.05) is 77.5 Å². The molecule has 2 aliphatic rings. The number of aromatic nitrogens is 2. The summed E-state index contributed by atoms with van der Waals surface area (Å²) in [6.07, 6.45) is 6.35. The second-order valence-corrected chi connectivity index (χ2v) is 9.89. The summed E-state index contributed by atoms with van der Waals surface area (Å²) in [6.45, 7) is 8.72. The average Bonchev–Trinajstić information content (AvgIpc) is 3.38. The molecular weight excluding hydrogens is 450 g/mol. The van der Waals surface area contributed by atoms with Crippen molar-refractivity contribution in [2.75, 3.05) is 45.8 Å². The van der Waals surface area contributed by atoms with E-state index in [-0.39, 0.29) is 5.92 Å². The minimum atomic E-state index is 0.0442. The molecule has 0 N–H and O–H groups in total. The lowest BCUT2D eigenvalue weighted by Gasteiger charge is -2.38. The van der Waals surface area contributed by atoms with Gasteiger partial charge in [-0.2, -0.15) is 4.98 Å². The molecule has 36 heavy (non-hydrogen) atoms. The van der Waals surface area contributed by atoms with Crippen LogP contribution in [0.1, 0.15) is 29.9 Å². The number of hydrogen-bond donors (Lipinski definition) is 0. The third-order valence-electron chi connectivity index (χ3n) is 7.15. The monoisotopic (exact) mass is 485 g/mol. The molecule has 2 aliphatic heterocycles. The van der Waals surface area contributed by atoms with Gasteiger partial charge in [0.25, 0.3) is 0 Å². The Hall–Kier alpha value is -3.29. The Morgan fingerprint density at radius 2 is 1.78 bits per heavy atom. The first-order chi connectivity index (χ1) is 17.6. The summed E-state index contributed by atoms with van der Waals surface area (Å²) >= 11 is 0. The highest BCUT2D eigenvalue weighted by Gasteiger charge is 2.31. The SMILES string of the molecule is Cc1ccc(-c2noc(CN3CCCC(C(=O)N4CCN(C/C=C/c5ccccc5)CC4)C3)n2)cc1. The van der Waals surface area contributed by atoms with Gasteiger partial charge in [-0.05, 0) is 31.9 Å². The van der Waals surface area contributed by atoms with E-state index in [0.29, 0.717) is 24.2 Å². The highest BCUT2D eigenvalue weighted by molar-refractivity contribution is 5.79. The van der Waals surface area contributed by atoms with Crippen LogP contribution in [0, 0.1) is 12.8 Å². The Labute approximate surface area is 213 Å². The van der Waals surface area contributed by atoms with Crippen molar-refractivity contribution in [1.29, 1.82) is 0 Å². The van der Waals surface area contributed by atoms with Crippen molar-refractivity contribution in [1.82, 2.24) is 24.8 Å². The first kappa shape index (κ1) is 24.4. The van der Waals surface area contributed by atoms with Crippen molar-refractivity contribution in [3.05, 3.63) is 77.7 Å². The second-order valence-electron chi connectivity index (χ2n) is 9.89. The topological polar surface area (TPSA) is 65.7 Å². The van der Waals surface area contributed by atoms with E-state index in [9.17, 15) is 4.79 Å². The molecule has 5 rings (SSSR count). The Morgan fingerprint density at radius 1 is 1.00 bits per heavy atom. The highest BCUT2D eigenvalue weighted by Crippen LogP contribution is 2.22. The van der Waals surface area contributed by atoms with E-state index in [1.807, 2.05) is 30.3 Å². The Morgan fingerprint density at radius 3 is 2.56 bits per heavy atom. The standard InChI is InChI=1S/C29H35N5O2/c1-23-11-13-25(14-12-23)28-30-27(36-31-28)22-33-16-6-10-26(21-33)29(35)34-19-17-32(18-20-34)15-5-9-24-7-3-2-4-8-24/h2-5,7-9,11-14,26H,6,10,15-22H2,1H3/b9-5+. The number of nitrogens with zero attached hydrogens (tertiary/aromatic N) is 5. The highest BCUT2D eigenvalue weighted by atomic mass is 16.5. The lowest BCUT2D eigenvalue weighted by atomic mass is 9.96. The quantitative estimate of drug-likeness (QED) is 0.502. The predicted octanol–water partition coefficient (Wildman–Crippen LogP) is 4.11. The van der Waals surface area contributed by atoms with Crippen molar-refractivity contribution in [3.8, 4) is 11.4 Å². The van der Waals surface area contributed by atoms with Crippen LogP contribution in [0.15, 0.2) is 65.2 Å². The molecule has 2 saturated heterocycles. The van der Waals surface area contributed by atoms with Crippen LogP contribution in [-0.2, 0) is 11.3 Å². The van der Waals surface area contributed by atoms with Crippen LogP contribution in [0.25, 0.3) is 17.5 Å². The third kappa shape index (κ3) is 6.28. The molecule has 1 aromatic heterocycles. The molecule has 0 radical (unpaired) electrons. The molecule has 0 bridgehead atoms. The zero-order valence-electron chi connectivity index (χ0n) is 21.1. The number of piperidine rings is 1. The molecule has 2 aromatic carbocycles. The molecule has 7 nitrogen and oxygen atoms in total. The van der Waals surface area contributed by atoms with E-state index in [4.69, 9.17) is 4.52 Å². The minimum Gasteiger partial charge on any atom is -0.340 e. The Kier molecular flexibility index (Phi) is 7.88. The van der Waals surface area contributed by atoms with Gasteiger partial charge in [0.1, 0.15) is 0 Å². The lowest BCUT2D eigenvalue weighted by molar-refractivity contribution is -0.139. The van der Waals surface area contributed by atoms with Crippen LogP contribution in [0.2, 0.25) is 0 Å². The van der Waals surface area contributed by atoms with Gasteiger partial charge >= 0.3 is 0 Å². The van der Waals surface area contributed by atoms with Gasteiger partial charge in [-0.3, -0.25) is 14.6 Å². The number of carbonyl (C=O) groups excluding carboxylic acids is 1. The fourth-order valence-electron chi connectivity index (χ4n) is 5.04. The molecule has 7 heteroatoms. The molecule has 0 spiro atoms. The smallest absolute Gasteiger partial charge is 0.241 e. The molecule has 188 valence electrons. The van der Waals surface area contributed by atoms with Gasteiger partial charge in [0.2, 0.25) is 17.6 Å². The van der Waals surface area contributed by atoms with Crippen LogP contribution < -0.4 is 0 Å². The third-order valence-corrected chi connectivity index (χ3v) is 7.15. The molecule has 0 aliphatic carbocycles. The number of hydrogen-bond acceptors (Lipinski definition) is 6. The molecule has 1 atom stereocenters. The average molecular weight is 486 g/mol. The molecule has 3 aromatic rings. The predicted molar refractivity (Wildman–Crippen MR) is 141 cm³/mol. The minimum absolute atomic E-state index is 0.0442. The maximum absolute atomic E-state index is 13.3. The van der Waals surface area contributed by atoms with E-state index < -0.39 is 0 Å². The van der Waals surface area contributed by atoms with Gasteiger partial charge < -0.3 is 9.42 Å². The molecule has 0 saturated carbocycles. The molecule has 1 unspecified atom stereocenters. The summed E-state index contributed by atoms with van der Waals surface area (Å²) in [4.78, 5) is 24.6. The van der Waals surface area contributed by atoms with Gasteiger partial charge in [0.15, 0.2) is 0 Å². The fourth-order valence-corrected chi connectivity index (χ4v) is 5.04. The number of aryl methyl sites for hydroxylation is 1. The zero-order valence-corrected chi connectivity index (χ0v) is 21.1. The van der Waals surface area contributed by atoms with Crippen LogP contribution >= 0.6 is 0 Å². The van der Waals surface area contributed by atoms with E-state index in [1.54, 1.807) is 0 Å². The molecule has 1 amide bonds. The summed E-state index contributed by atoms with van der Waals surface area (Å²) < 4.78 is 5.53. The zero-order chi connectivity index (χ0) is 24.7. The Bertz CT molecular complexity index is 1150. The summed E-state index contributed by atoms with van der Waals surface area (Å²) in [5, 5.41) is 4.16. The van der Waals surface area contributed by atoms with E-state index in [2.05, 4.69) is 68.2 Å². The Balaban J connectivity index is 1.09. The molecule has 3 heterocycles. The van der Waals surface area contributed by atoms with Crippen LogP contribution in [0.5, 0.6) is 0 Å². The van der Waals surface area contributed by atoms with Gasteiger partial charge in [0, 0.05) is 44.8 Å². The number of benzene rings is 2. The number of amides is 1. The number of likely N-dealkylation sites (tertiary alicyclic amines) is 1. The van der Waals surface area contributed by atoms with Crippen LogP contribution in [-0.4, -0.2) is 76.6 Å². The maximum atomic E-state index is 13.3. The normalized spacial score (nSPS) is 19.7. The van der Waals surface area contributed by atoms with E-state index in [1.165, 1.54) is 11.1 Å². The van der Waals surface area contributed by atoms with E-state index >= 15 is 0 Å². The summed E-state index contributed by atoms with van der Waals surface area (Å²) in [5.74, 6) is 1.56. The van der Waals surface area contributed by atoms with Gasteiger partial charge in [0.05, 0.1) is 12.5 Å². The maximum Gasteiger partial charge on any atom is 0.241 e. The van der Waals surface area contributed by atoms with Gasteiger partial charge in [-0.25, -0.2) is 0 Å². The van der Waals surface area contributed by atoms with Gasteiger partial charge in [-0.15, -0.1) is 0 Å². The van der Waals surface area contributed by atoms with Crippen molar-refractivity contribution in [3.63, 3.8) is 0 Å². The van der Waals surface area contributed by atoms with Crippen molar-refractivity contribution in [2.24, 2.45) is 5.92 Å². The second kappa shape index (κ2) is 11.6. The fraction of sp³-hybridized carbons (Fsp3) is 0.414. The van der Waals surface area contributed by atoms with Crippen molar-refractivity contribution >= 4 is 12.0 Å². The van der Waals surface area contributed by atoms with Crippen molar-refractivity contribution in [2.45, 2.75) is 26.3 Å². The summed E-state index contributed by atoms with van der Waals surface area (Å²) in [7, 11) is 0.